The third-order valence-electron chi connectivity index (χ3n) is 1.64. The zero-order chi connectivity index (χ0) is 10.1. The van der Waals surface area contributed by atoms with Crippen LogP contribution in [0.1, 0.15) is 0 Å². The van der Waals surface area contributed by atoms with Gasteiger partial charge < -0.3 is 0 Å². The van der Waals surface area contributed by atoms with Gasteiger partial charge >= 0.3 is 0 Å². The van der Waals surface area contributed by atoms with Crippen molar-refractivity contribution in [3.8, 4) is 11.3 Å². The van der Waals surface area contributed by atoms with Crippen LogP contribution in [-0.4, -0.2) is 8.75 Å². The number of nitrogens with zero attached hydrogens (tertiary/aromatic N) is 2. The van der Waals surface area contributed by atoms with Crippen LogP contribution in [0.4, 0.5) is 4.39 Å². The van der Waals surface area contributed by atoms with Crippen LogP contribution in [0.5, 0.6) is 0 Å². The number of aromatic nitrogens is 2. The Morgan fingerprint density at radius 1 is 1.21 bits per heavy atom. The molecule has 0 unspecified atom stereocenters. The predicted molar refractivity (Wildman–Crippen MR) is 55.3 cm³/mol. The molecule has 1 aromatic carbocycles. The molecule has 0 spiro atoms. The van der Waals surface area contributed by atoms with Gasteiger partial charge in [-0.2, -0.15) is 8.75 Å². The lowest BCUT2D eigenvalue weighted by molar-refractivity contribution is 0.628. The molecule has 1 heterocycles. The second-order valence-corrected chi connectivity index (χ2v) is 3.83. The van der Waals surface area contributed by atoms with Crippen molar-refractivity contribution in [1.29, 1.82) is 0 Å². The molecule has 0 amide bonds. The Bertz CT molecular complexity index is 472. The first-order valence-corrected chi connectivity index (χ1v) is 5.10. The van der Waals surface area contributed by atoms with Gasteiger partial charge in [-0.1, -0.05) is 23.2 Å². The summed E-state index contributed by atoms with van der Waals surface area (Å²) in [7, 11) is 0. The van der Waals surface area contributed by atoms with Gasteiger partial charge in [-0.3, -0.25) is 0 Å². The number of hydrogen-bond acceptors (Lipinski definition) is 3. The van der Waals surface area contributed by atoms with Crippen LogP contribution < -0.4 is 0 Å². The monoisotopic (exact) mass is 248 g/mol. The second kappa shape index (κ2) is 3.81. The number of halogens is 3. The van der Waals surface area contributed by atoms with Crippen molar-refractivity contribution in [3.05, 3.63) is 34.2 Å². The van der Waals surface area contributed by atoms with Crippen molar-refractivity contribution < 1.29 is 4.39 Å². The van der Waals surface area contributed by atoms with Crippen LogP contribution in [0.25, 0.3) is 11.3 Å². The fourth-order valence-corrected chi connectivity index (χ4v) is 1.94. The molecule has 2 aromatic rings. The molecule has 72 valence electrons. The second-order valence-electron chi connectivity index (χ2n) is 2.53. The van der Waals surface area contributed by atoms with Gasteiger partial charge in [0.15, 0.2) is 5.15 Å². The Morgan fingerprint density at radius 2 is 2.00 bits per heavy atom. The molecule has 2 rings (SSSR count). The lowest BCUT2D eigenvalue weighted by Crippen LogP contribution is -1.81. The van der Waals surface area contributed by atoms with Gasteiger partial charge in [0.1, 0.15) is 11.5 Å². The summed E-state index contributed by atoms with van der Waals surface area (Å²) in [6.07, 6.45) is 0. The van der Waals surface area contributed by atoms with Crippen molar-refractivity contribution >= 4 is 34.9 Å². The fraction of sp³-hybridized carbons (Fsp3) is 0. The van der Waals surface area contributed by atoms with Gasteiger partial charge in [0.2, 0.25) is 0 Å². The third kappa shape index (κ3) is 1.73. The van der Waals surface area contributed by atoms with Crippen LogP contribution >= 0.6 is 34.9 Å². The van der Waals surface area contributed by atoms with Gasteiger partial charge in [0.25, 0.3) is 0 Å². The zero-order valence-corrected chi connectivity index (χ0v) is 9.00. The fourth-order valence-electron chi connectivity index (χ4n) is 0.993. The summed E-state index contributed by atoms with van der Waals surface area (Å²) in [5.41, 5.74) is 1.19. The van der Waals surface area contributed by atoms with Crippen molar-refractivity contribution in [3.63, 3.8) is 0 Å². The smallest absolute Gasteiger partial charge is 0.170 e. The molecular weight excluding hydrogens is 246 g/mol. The summed E-state index contributed by atoms with van der Waals surface area (Å²) < 4.78 is 20.6. The van der Waals surface area contributed by atoms with E-state index in [1.54, 1.807) is 6.07 Å². The molecular formula is C8H3Cl2FN2S. The summed E-state index contributed by atoms with van der Waals surface area (Å²) >= 11 is 12.4. The number of hydrogen-bond donors (Lipinski definition) is 0. The molecule has 0 aliphatic carbocycles. The highest BCUT2D eigenvalue weighted by atomic mass is 35.5. The molecule has 14 heavy (non-hydrogen) atoms. The van der Waals surface area contributed by atoms with Gasteiger partial charge in [0.05, 0.1) is 16.8 Å². The van der Waals surface area contributed by atoms with E-state index in [1.165, 1.54) is 12.1 Å². The van der Waals surface area contributed by atoms with Crippen molar-refractivity contribution in [2.75, 3.05) is 0 Å². The number of benzene rings is 1. The minimum absolute atomic E-state index is 0.0477. The Kier molecular flexibility index (Phi) is 2.67. The average Bonchev–Trinajstić information content (AvgIpc) is 2.57. The third-order valence-corrected chi connectivity index (χ3v) is 2.82. The van der Waals surface area contributed by atoms with E-state index >= 15 is 0 Å². The summed E-state index contributed by atoms with van der Waals surface area (Å²) in [4.78, 5) is 0. The SMILES string of the molecule is Fc1ccc(-c2nsnc2Cl)cc1Cl. The molecule has 1 aromatic heterocycles. The van der Waals surface area contributed by atoms with E-state index in [9.17, 15) is 4.39 Å². The summed E-state index contributed by atoms with van der Waals surface area (Å²) in [5, 5.41) is 0.351. The first-order valence-electron chi connectivity index (χ1n) is 3.62. The molecule has 0 bridgehead atoms. The standard InChI is InChI=1S/C8H3Cl2FN2S/c9-5-3-4(1-2-6(5)11)7-8(10)13-14-12-7/h1-3H. The average molecular weight is 249 g/mol. The molecule has 0 N–H and O–H groups in total. The zero-order valence-electron chi connectivity index (χ0n) is 6.67. The molecule has 6 heteroatoms. The van der Waals surface area contributed by atoms with E-state index in [1.807, 2.05) is 0 Å². The molecule has 0 saturated heterocycles. The molecule has 2 nitrogen and oxygen atoms in total. The van der Waals surface area contributed by atoms with Crippen LogP contribution in [0, 0.1) is 5.82 Å². The number of rotatable bonds is 1. The van der Waals surface area contributed by atoms with Gasteiger partial charge in [-0.25, -0.2) is 4.39 Å². The van der Waals surface area contributed by atoms with E-state index < -0.39 is 5.82 Å². The Balaban J connectivity index is 2.53. The summed E-state index contributed by atoms with van der Waals surface area (Å²) in [6.45, 7) is 0. The predicted octanol–water partition coefficient (Wildman–Crippen LogP) is 3.65. The first kappa shape index (κ1) is 9.83. The maximum Gasteiger partial charge on any atom is 0.170 e. The first-order chi connectivity index (χ1) is 6.68. The highest BCUT2D eigenvalue weighted by Gasteiger charge is 2.09. The minimum atomic E-state index is -0.463. The largest absolute Gasteiger partial charge is 0.205 e. The van der Waals surface area contributed by atoms with Crippen LogP contribution in [0.15, 0.2) is 18.2 Å². The Morgan fingerprint density at radius 3 is 2.57 bits per heavy atom. The van der Waals surface area contributed by atoms with E-state index in [0.29, 0.717) is 16.4 Å². The lowest BCUT2D eigenvalue weighted by atomic mass is 10.2. The molecule has 0 aliphatic heterocycles. The highest BCUT2D eigenvalue weighted by molar-refractivity contribution is 6.99. The van der Waals surface area contributed by atoms with Crippen LogP contribution in [0.2, 0.25) is 10.2 Å². The molecule has 0 radical (unpaired) electrons. The lowest BCUT2D eigenvalue weighted by Gasteiger charge is -1.98. The van der Waals surface area contributed by atoms with Crippen molar-refractivity contribution in [1.82, 2.24) is 8.75 Å². The Hall–Kier alpha value is -0.710. The Labute approximate surface area is 93.6 Å². The minimum Gasteiger partial charge on any atom is -0.205 e. The van der Waals surface area contributed by atoms with E-state index in [4.69, 9.17) is 23.2 Å². The highest BCUT2D eigenvalue weighted by Crippen LogP contribution is 2.28. The van der Waals surface area contributed by atoms with Crippen molar-refractivity contribution in [2.45, 2.75) is 0 Å². The molecule has 0 saturated carbocycles. The van der Waals surface area contributed by atoms with E-state index in [-0.39, 0.29) is 5.02 Å². The maximum atomic E-state index is 12.8. The maximum absolute atomic E-state index is 12.8. The van der Waals surface area contributed by atoms with Crippen LogP contribution in [0.3, 0.4) is 0 Å². The van der Waals surface area contributed by atoms with Crippen molar-refractivity contribution in [2.24, 2.45) is 0 Å². The molecule has 0 aliphatic rings. The van der Waals surface area contributed by atoms with Gasteiger partial charge in [0, 0.05) is 5.56 Å². The summed E-state index contributed by atoms with van der Waals surface area (Å²) in [5.74, 6) is -0.463. The van der Waals surface area contributed by atoms with Gasteiger partial charge in [-0.05, 0) is 18.2 Å². The normalized spacial score (nSPS) is 10.5. The van der Waals surface area contributed by atoms with Gasteiger partial charge in [-0.15, -0.1) is 0 Å². The topological polar surface area (TPSA) is 25.8 Å². The summed E-state index contributed by atoms with van der Waals surface area (Å²) in [6, 6.07) is 4.30. The van der Waals surface area contributed by atoms with Crippen LogP contribution in [-0.2, 0) is 0 Å². The van der Waals surface area contributed by atoms with E-state index in [0.717, 1.165) is 11.7 Å². The molecule has 0 fully saturated rings. The molecule has 0 atom stereocenters. The van der Waals surface area contributed by atoms with E-state index in [2.05, 4.69) is 8.75 Å². The quantitative estimate of drug-likeness (QED) is 0.770.